The second kappa shape index (κ2) is 5.85. The normalized spacial score (nSPS) is 10.7. The maximum absolute atomic E-state index is 12.6. The highest BCUT2D eigenvalue weighted by Crippen LogP contribution is 2.21. The maximum Gasteiger partial charge on any atom is 0.262 e. The first-order chi connectivity index (χ1) is 11.0. The van der Waals surface area contributed by atoms with E-state index in [1.807, 2.05) is 13.0 Å². The minimum Gasteiger partial charge on any atom is -0.348 e. The van der Waals surface area contributed by atoms with Gasteiger partial charge in [0.15, 0.2) is 0 Å². The predicted molar refractivity (Wildman–Crippen MR) is 91.1 cm³/mol. The molecule has 0 radical (unpaired) electrons. The molecule has 1 amide bonds. The molecule has 2 heterocycles. The summed E-state index contributed by atoms with van der Waals surface area (Å²) in [6.45, 7) is 1.83. The average Bonchev–Trinajstić information content (AvgIpc) is 2.50. The van der Waals surface area contributed by atoms with Gasteiger partial charge in [-0.3, -0.25) is 9.59 Å². The van der Waals surface area contributed by atoms with E-state index in [0.29, 0.717) is 21.7 Å². The monoisotopic (exact) mass is 327 g/mol. The largest absolute Gasteiger partial charge is 0.348 e. The lowest BCUT2D eigenvalue weighted by molar-refractivity contribution is 0.102. The number of nitrogens with one attached hydrogen (secondary N) is 1. The van der Waals surface area contributed by atoms with E-state index in [1.165, 1.54) is 6.20 Å². The van der Waals surface area contributed by atoms with E-state index in [9.17, 15) is 9.59 Å². The quantitative estimate of drug-likeness (QED) is 0.786. The molecular formula is C17H14ClN3O2. The van der Waals surface area contributed by atoms with Crippen molar-refractivity contribution >= 4 is 34.2 Å². The minimum absolute atomic E-state index is 0.0468. The summed E-state index contributed by atoms with van der Waals surface area (Å²) in [4.78, 5) is 29.2. The number of aromatic nitrogens is 2. The van der Waals surface area contributed by atoms with Crippen LogP contribution in [-0.2, 0) is 7.05 Å². The van der Waals surface area contributed by atoms with Crippen molar-refractivity contribution in [2.24, 2.45) is 7.05 Å². The molecule has 0 saturated carbocycles. The predicted octanol–water partition coefficient (Wildman–Crippen LogP) is 3.15. The number of carbonyl (C=O) groups excluding carboxylic acids is 1. The minimum atomic E-state index is -0.495. The van der Waals surface area contributed by atoms with Gasteiger partial charge >= 0.3 is 0 Å². The SMILES string of the molecule is Cc1cccc(NC(=O)c2cn(C)c3c(Cl)cccc3c2=O)n1. The number of pyridine rings is 2. The van der Waals surface area contributed by atoms with E-state index in [2.05, 4.69) is 10.3 Å². The van der Waals surface area contributed by atoms with Crippen LogP contribution in [0.1, 0.15) is 16.1 Å². The first kappa shape index (κ1) is 15.2. The number of nitrogens with zero attached hydrogens (tertiary/aromatic N) is 2. The zero-order valence-corrected chi connectivity index (χ0v) is 13.4. The number of aryl methyl sites for hydroxylation is 2. The molecule has 5 nitrogen and oxygen atoms in total. The van der Waals surface area contributed by atoms with Crippen LogP contribution in [0.4, 0.5) is 5.82 Å². The van der Waals surface area contributed by atoms with Crippen molar-refractivity contribution in [2.75, 3.05) is 5.32 Å². The van der Waals surface area contributed by atoms with Crippen LogP contribution in [0, 0.1) is 6.92 Å². The molecule has 0 unspecified atom stereocenters. The Morgan fingerprint density at radius 1 is 1.22 bits per heavy atom. The van der Waals surface area contributed by atoms with Gasteiger partial charge in [-0.2, -0.15) is 0 Å². The number of rotatable bonds is 2. The van der Waals surface area contributed by atoms with Gasteiger partial charge < -0.3 is 9.88 Å². The van der Waals surface area contributed by atoms with Crippen molar-refractivity contribution in [3.05, 3.63) is 69.1 Å². The van der Waals surface area contributed by atoms with Gasteiger partial charge in [0.2, 0.25) is 5.43 Å². The summed E-state index contributed by atoms with van der Waals surface area (Å²) in [5, 5.41) is 3.52. The first-order valence-electron chi connectivity index (χ1n) is 7.00. The van der Waals surface area contributed by atoms with Gasteiger partial charge in [0.1, 0.15) is 11.4 Å². The van der Waals surface area contributed by atoms with Crippen LogP contribution < -0.4 is 10.7 Å². The fourth-order valence-electron chi connectivity index (χ4n) is 2.48. The number of amides is 1. The van der Waals surface area contributed by atoms with Crippen LogP contribution in [0.3, 0.4) is 0 Å². The van der Waals surface area contributed by atoms with E-state index in [0.717, 1.165) is 5.69 Å². The Balaban J connectivity index is 2.08. The third-order valence-electron chi connectivity index (χ3n) is 3.53. The van der Waals surface area contributed by atoms with Crippen molar-refractivity contribution in [3.63, 3.8) is 0 Å². The molecule has 116 valence electrons. The Morgan fingerprint density at radius 2 is 1.96 bits per heavy atom. The highest BCUT2D eigenvalue weighted by molar-refractivity contribution is 6.35. The van der Waals surface area contributed by atoms with Crippen molar-refractivity contribution < 1.29 is 4.79 Å². The van der Waals surface area contributed by atoms with Gasteiger partial charge in [0.25, 0.3) is 5.91 Å². The summed E-state index contributed by atoms with van der Waals surface area (Å²) in [6.07, 6.45) is 1.49. The number of carbonyl (C=O) groups is 1. The molecule has 0 bridgehead atoms. The lowest BCUT2D eigenvalue weighted by atomic mass is 10.1. The van der Waals surface area contributed by atoms with Gasteiger partial charge in [0, 0.05) is 24.3 Å². The third-order valence-corrected chi connectivity index (χ3v) is 3.83. The Morgan fingerprint density at radius 3 is 2.70 bits per heavy atom. The summed E-state index contributed by atoms with van der Waals surface area (Å²) in [7, 11) is 1.75. The van der Waals surface area contributed by atoms with Crippen LogP contribution in [0.25, 0.3) is 10.9 Å². The van der Waals surface area contributed by atoms with Crippen molar-refractivity contribution in [3.8, 4) is 0 Å². The zero-order valence-electron chi connectivity index (χ0n) is 12.6. The van der Waals surface area contributed by atoms with E-state index in [-0.39, 0.29) is 11.0 Å². The molecule has 0 fully saturated rings. The molecule has 2 aromatic heterocycles. The van der Waals surface area contributed by atoms with E-state index >= 15 is 0 Å². The van der Waals surface area contributed by atoms with Gasteiger partial charge in [-0.1, -0.05) is 23.7 Å². The maximum atomic E-state index is 12.6. The van der Waals surface area contributed by atoms with Crippen molar-refractivity contribution in [1.82, 2.24) is 9.55 Å². The van der Waals surface area contributed by atoms with Crippen LogP contribution in [0.5, 0.6) is 0 Å². The van der Waals surface area contributed by atoms with Crippen molar-refractivity contribution in [2.45, 2.75) is 6.92 Å². The number of halogens is 1. The molecule has 3 aromatic rings. The molecule has 0 aliphatic carbocycles. The number of para-hydroxylation sites is 1. The summed E-state index contributed by atoms with van der Waals surface area (Å²) >= 11 is 6.14. The van der Waals surface area contributed by atoms with Gasteiger partial charge in [-0.05, 0) is 31.2 Å². The lowest BCUT2D eigenvalue weighted by Crippen LogP contribution is -2.24. The molecule has 23 heavy (non-hydrogen) atoms. The Hall–Kier alpha value is -2.66. The van der Waals surface area contributed by atoms with Crippen LogP contribution in [0.2, 0.25) is 5.02 Å². The van der Waals surface area contributed by atoms with E-state index < -0.39 is 5.91 Å². The number of fused-ring (bicyclic) bond motifs is 1. The molecule has 3 rings (SSSR count). The zero-order chi connectivity index (χ0) is 16.6. The third kappa shape index (κ3) is 2.83. The summed E-state index contributed by atoms with van der Waals surface area (Å²) in [6, 6.07) is 10.3. The average molecular weight is 328 g/mol. The van der Waals surface area contributed by atoms with Gasteiger partial charge in [0.05, 0.1) is 10.5 Å². The second-order valence-corrected chi connectivity index (χ2v) is 5.64. The first-order valence-corrected chi connectivity index (χ1v) is 7.38. The highest BCUT2D eigenvalue weighted by Gasteiger charge is 2.16. The molecule has 0 saturated heterocycles. The van der Waals surface area contributed by atoms with Crippen LogP contribution >= 0.6 is 11.6 Å². The standard InChI is InChI=1S/C17H14ClN3O2/c1-10-5-3-8-14(19-10)20-17(23)12-9-21(2)15-11(16(12)22)6-4-7-13(15)18/h3-9H,1-2H3,(H,19,20,23). The summed E-state index contributed by atoms with van der Waals surface area (Å²) < 4.78 is 1.68. The Labute approximate surface area is 137 Å². The van der Waals surface area contributed by atoms with Gasteiger partial charge in [-0.15, -0.1) is 0 Å². The van der Waals surface area contributed by atoms with E-state index in [4.69, 9.17) is 11.6 Å². The summed E-state index contributed by atoms with van der Waals surface area (Å²) in [5.41, 5.74) is 1.07. The second-order valence-electron chi connectivity index (χ2n) is 5.24. The molecule has 0 aliphatic rings. The van der Waals surface area contributed by atoms with Crippen LogP contribution in [0.15, 0.2) is 47.4 Å². The van der Waals surface area contributed by atoms with Crippen molar-refractivity contribution in [1.29, 1.82) is 0 Å². The Kier molecular flexibility index (Phi) is 3.88. The molecule has 1 aromatic carbocycles. The Bertz CT molecular complexity index is 979. The number of benzene rings is 1. The number of hydrogen-bond acceptors (Lipinski definition) is 3. The fourth-order valence-corrected chi connectivity index (χ4v) is 2.78. The molecule has 0 spiro atoms. The molecule has 0 atom stereocenters. The highest BCUT2D eigenvalue weighted by atomic mass is 35.5. The smallest absolute Gasteiger partial charge is 0.262 e. The molecular weight excluding hydrogens is 314 g/mol. The number of anilines is 1. The fraction of sp³-hybridized carbons (Fsp3) is 0.118. The molecule has 6 heteroatoms. The molecule has 0 aliphatic heterocycles. The summed E-state index contributed by atoms with van der Waals surface area (Å²) in [5.74, 6) is -0.0891. The van der Waals surface area contributed by atoms with Gasteiger partial charge in [-0.25, -0.2) is 4.98 Å². The molecule has 1 N–H and O–H groups in total. The van der Waals surface area contributed by atoms with Crippen LogP contribution in [-0.4, -0.2) is 15.5 Å². The van der Waals surface area contributed by atoms with E-state index in [1.54, 1.807) is 41.9 Å². The lowest BCUT2D eigenvalue weighted by Gasteiger charge is -2.10. The topological polar surface area (TPSA) is 64.0 Å². The number of hydrogen-bond donors (Lipinski definition) is 1.